The first-order valence-electron chi connectivity index (χ1n) is 6.20. The average molecular weight is 294 g/mol. The summed E-state index contributed by atoms with van der Waals surface area (Å²) in [6, 6.07) is 7.93. The highest BCUT2D eigenvalue weighted by Gasteiger charge is 2.10. The number of halogens is 3. The van der Waals surface area contributed by atoms with Crippen LogP contribution in [0.3, 0.4) is 0 Å². The molecule has 6 heteroatoms. The van der Waals surface area contributed by atoms with E-state index in [1.165, 1.54) is 7.05 Å². The van der Waals surface area contributed by atoms with Crippen molar-refractivity contribution in [2.45, 2.75) is 6.54 Å². The molecule has 110 valence electrons. The largest absolute Gasteiger partial charge is 0.378 e. The number of benzene rings is 2. The van der Waals surface area contributed by atoms with Crippen molar-refractivity contribution in [3.63, 3.8) is 0 Å². The molecule has 2 N–H and O–H groups in total. The molecule has 21 heavy (non-hydrogen) atoms. The number of anilines is 1. The molecule has 0 fully saturated rings. The number of carbonyl (C=O) groups excluding carboxylic acids is 1. The first-order valence-corrected chi connectivity index (χ1v) is 6.20. The van der Waals surface area contributed by atoms with Gasteiger partial charge in [0.15, 0.2) is 11.6 Å². The molecule has 0 unspecified atom stereocenters. The SMILES string of the molecule is CNC(=O)c1ccc(CNc2cc(F)cc(F)c2F)cc1. The van der Waals surface area contributed by atoms with Crippen molar-refractivity contribution in [2.75, 3.05) is 12.4 Å². The van der Waals surface area contributed by atoms with Crippen LogP contribution >= 0.6 is 0 Å². The third-order valence-corrected chi connectivity index (χ3v) is 2.92. The van der Waals surface area contributed by atoms with Gasteiger partial charge in [0, 0.05) is 31.3 Å². The second-order valence-electron chi connectivity index (χ2n) is 4.38. The van der Waals surface area contributed by atoms with E-state index in [4.69, 9.17) is 0 Å². The summed E-state index contributed by atoms with van der Waals surface area (Å²) in [5.41, 5.74) is 0.985. The zero-order chi connectivity index (χ0) is 15.4. The van der Waals surface area contributed by atoms with Gasteiger partial charge in [0.2, 0.25) is 0 Å². The Morgan fingerprint density at radius 2 is 1.76 bits per heavy atom. The van der Waals surface area contributed by atoms with Crippen LogP contribution in [0.1, 0.15) is 15.9 Å². The molecule has 2 rings (SSSR count). The maximum absolute atomic E-state index is 13.4. The second kappa shape index (κ2) is 6.30. The monoisotopic (exact) mass is 294 g/mol. The fourth-order valence-electron chi connectivity index (χ4n) is 1.80. The van der Waals surface area contributed by atoms with Crippen LogP contribution in [0.15, 0.2) is 36.4 Å². The summed E-state index contributed by atoms with van der Waals surface area (Å²) in [5.74, 6) is -3.44. The molecule has 0 aliphatic carbocycles. The summed E-state index contributed by atoms with van der Waals surface area (Å²) in [4.78, 5) is 11.4. The van der Waals surface area contributed by atoms with Gasteiger partial charge in [-0.1, -0.05) is 12.1 Å². The molecule has 0 spiro atoms. The topological polar surface area (TPSA) is 41.1 Å². The summed E-state index contributed by atoms with van der Waals surface area (Å²) in [5, 5.41) is 5.11. The maximum Gasteiger partial charge on any atom is 0.251 e. The van der Waals surface area contributed by atoms with E-state index in [-0.39, 0.29) is 18.1 Å². The van der Waals surface area contributed by atoms with Crippen molar-refractivity contribution in [3.05, 3.63) is 65.0 Å². The molecule has 2 aromatic carbocycles. The number of amides is 1. The number of hydrogen-bond acceptors (Lipinski definition) is 2. The zero-order valence-electron chi connectivity index (χ0n) is 11.2. The van der Waals surface area contributed by atoms with Gasteiger partial charge in [-0.25, -0.2) is 13.2 Å². The molecule has 3 nitrogen and oxygen atoms in total. The normalized spacial score (nSPS) is 10.3. The van der Waals surface area contributed by atoms with Crippen LogP contribution in [-0.4, -0.2) is 13.0 Å². The van der Waals surface area contributed by atoms with E-state index >= 15 is 0 Å². The fourth-order valence-corrected chi connectivity index (χ4v) is 1.80. The summed E-state index contributed by atoms with van der Waals surface area (Å²) in [6.45, 7) is 0.174. The predicted octanol–water partition coefficient (Wildman–Crippen LogP) is 3.08. The first kappa shape index (κ1) is 14.9. The Labute approximate surface area is 119 Å². The molecule has 2 aromatic rings. The standard InChI is InChI=1S/C15H13F3N2O/c1-19-15(21)10-4-2-9(3-5-10)8-20-13-7-11(16)6-12(17)14(13)18/h2-7,20H,8H2,1H3,(H,19,21). The van der Waals surface area contributed by atoms with Gasteiger partial charge in [-0.15, -0.1) is 0 Å². The molecular formula is C15H13F3N2O. The van der Waals surface area contributed by atoms with Gasteiger partial charge in [0.05, 0.1) is 5.69 Å². The quantitative estimate of drug-likeness (QED) is 0.851. The molecule has 0 bridgehead atoms. The predicted molar refractivity (Wildman–Crippen MR) is 73.5 cm³/mol. The van der Waals surface area contributed by atoms with Gasteiger partial charge in [0.1, 0.15) is 5.82 Å². The fraction of sp³-hybridized carbons (Fsp3) is 0.133. The van der Waals surface area contributed by atoms with Crippen LogP contribution in [0.25, 0.3) is 0 Å². The van der Waals surface area contributed by atoms with Crippen LogP contribution in [0.4, 0.5) is 18.9 Å². The van der Waals surface area contributed by atoms with Gasteiger partial charge >= 0.3 is 0 Å². The number of carbonyl (C=O) groups is 1. The average Bonchev–Trinajstić information content (AvgIpc) is 2.49. The third kappa shape index (κ3) is 3.53. The van der Waals surface area contributed by atoms with E-state index < -0.39 is 17.5 Å². The van der Waals surface area contributed by atoms with Crippen LogP contribution in [0.2, 0.25) is 0 Å². The molecule has 0 aliphatic rings. The molecule has 0 radical (unpaired) electrons. The van der Waals surface area contributed by atoms with Crippen molar-refractivity contribution in [3.8, 4) is 0 Å². The molecular weight excluding hydrogens is 281 g/mol. The zero-order valence-corrected chi connectivity index (χ0v) is 11.2. The molecule has 0 saturated carbocycles. The van der Waals surface area contributed by atoms with Crippen molar-refractivity contribution < 1.29 is 18.0 Å². The number of nitrogens with one attached hydrogen (secondary N) is 2. The summed E-state index contributed by atoms with van der Waals surface area (Å²) in [6.07, 6.45) is 0. The Bertz CT molecular complexity index is 657. The Morgan fingerprint density at radius 3 is 2.38 bits per heavy atom. The van der Waals surface area contributed by atoms with E-state index in [1.807, 2.05) is 0 Å². The van der Waals surface area contributed by atoms with E-state index in [2.05, 4.69) is 10.6 Å². The highest BCUT2D eigenvalue weighted by molar-refractivity contribution is 5.93. The second-order valence-corrected chi connectivity index (χ2v) is 4.38. The first-order chi connectivity index (χ1) is 10.0. The molecule has 1 amide bonds. The van der Waals surface area contributed by atoms with Crippen molar-refractivity contribution in [2.24, 2.45) is 0 Å². The highest BCUT2D eigenvalue weighted by Crippen LogP contribution is 2.20. The molecule has 0 aromatic heterocycles. The maximum atomic E-state index is 13.4. The van der Waals surface area contributed by atoms with E-state index in [9.17, 15) is 18.0 Å². The lowest BCUT2D eigenvalue weighted by molar-refractivity contribution is 0.0963. The number of rotatable bonds is 4. The minimum atomic E-state index is -1.24. The summed E-state index contributed by atoms with van der Waals surface area (Å²) >= 11 is 0. The van der Waals surface area contributed by atoms with Gasteiger partial charge in [-0.2, -0.15) is 0 Å². The smallest absolute Gasteiger partial charge is 0.251 e. The Hall–Kier alpha value is -2.50. The van der Waals surface area contributed by atoms with Crippen LogP contribution < -0.4 is 10.6 Å². The highest BCUT2D eigenvalue weighted by atomic mass is 19.2. The van der Waals surface area contributed by atoms with Gasteiger partial charge in [0.25, 0.3) is 5.91 Å². The van der Waals surface area contributed by atoms with Crippen molar-refractivity contribution >= 4 is 11.6 Å². The van der Waals surface area contributed by atoms with E-state index in [1.54, 1.807) is 24.3 Å². The lowest BCUT2D eigenvalue weighted by Crippen LogP contribution is -2.17. The summed E-state index contributed by atoms with van der Waals surface area (Å²) in [7, 11) is 1.53. The Kier molecular flexibility index (Phi) is 4.47. The van der Waals surface area contributed by atoms with E-state index in [0.29, 0.717) is 11.6 Å². The molecule has 0 aliphatic heterocycles. The van der Waals surface area contributed by atoms with Gasteiger partial charge in [-0.05, 0) is 17.7 Å². The van der Waals surface area contributed by atoms with E-state index in [0.717, 1.165) is 11.6 Å². The van der Waals surface area contributed by atoms with Crippen LogP contribution in [0.5, 0.6) is 0 Å². The van der Waals surface area contributed by atoms with Crippen LogP contribution in [-0.2, 0) is 6.54 Å². The molecule has 0 atom stereocenters. The number of hydrogen-bond donors (Lipinski definition) is 2. The molecule has 0 heterocycles. The van der Waals surface area contributed by atoms with Gasteiger partial charge in [-0.3, -0.25) is 4.79 Å². The van der Waals surface area contributed by atoms with Gasteiger partial charge < -0.3 is 10.6 Å². The third-order valence-electron chi connectivity index (χ3n) is 2.92. The Morgan fingerprint density at radius 1 is 1.10 bits per heavy atom. The van der Waals surface area contributed by atoms with Crippen molar-refractivity contribution in [1.29, 1.82) is 0 Å². The minimum absolute atomic E-state index is 0.174. The van der Waals surface area contributed by atoms with Crippen LogP contribution in [0, 0.1) is 17.5 Å². The Balaban J connectivity index is 2.08. The molecule has 0 saturated heterocycles. The van der Waals surface area contributed by atoms with Crippen molar-refractivity contribution in [1.82, 2.24) is 5.32 Å². The lowest BCUT2D eigenvalue weighted by Gasteiger charge is -2.09. The minimum Gasteiger partial charge on any atom is -0.378 e. The lowest BCUT2D eigenvalue weighted by atomic mass is 10.1. The summed E-state index contributed by atoms with van der Waals surface area (Å²) < 4.78 is 39.5.